The second-order valence-electron chi connectivity index (χ2n) is 9.59. The first-order valence-corrected chi connectivity index (χ1v) is 14.2. The van der Waals surface area contributed by atoms with Gasteiger partial charge in [-0.2, -0.15) is 4.31 Å². The van der Waals surface area contributed by atoms with E-state index in [1.54, 1.807) is 30.3 Å². The Labute approximate surface area is 230 Å². The summed E-state index contributed by atoms with van der Waals surface area (Å²) in [5, 5.41) is 3.42. The van der Waals surface area contributed by atoms with Crippen LogP contribution in [0.2, 0.25) is 5.02 Å². The summed E-state index contributed by atoms with van der Waals surface area (Å²) >= 11 is 6.20. The number of carbonyl (C=O) groups excluding carboxylic acids is 2. The Bertz CT molecular complexity index is 1350. The first-order valence-electron chi connectivity index (χ1n) is 12.4. The number of hydrogen-bond donors (Lipinski definition) is 1. The molecule has 0 saturated heterocycles. The summed E-state index contributed by atoms with van der Waals surface area (Å²) in [4.78, 5) is 28.8. The van der Waals surface area contributed by atoms with Crippen molar-refractivity contribution in [1.82, 2.24) is 14.5 Å². The van der Waals surface area contributed by atoms with Crippen LogP contribution in [0.25, 0.3) is 0 Å². The Morgan fingerprint density at radius 3 is 2.16 bits per heavy atom. The third kappa shape index (κ3) is 7.90. The van der Waals surface area contributed by atoms with E-state index in [2.05, 4.69) is 5.32 Å². The van der Waals surface area contributed by atoms with Gasteiger partial charge in [0.25, 0.3) is 0 Å². The van der Waals surface area contributed by atoms with Crippen LogP contribution in [-0.4, -0.2) is 55.1 Å². The van der Waals surface area contributed by atoms with Crippen molar-refractivity contribution in [3.05, 3.63) is 101 Å². The quantitative estimate of drug-likeness (QED) is 0.379. The van der Waals surface area contributed by atoms with Crippen molar-refractivity contribution >= 4 is 33.4 Å². The van der Waals surface area contributed by atoms with Crippen LogP contribution in [-0.2, 0) is 32.6 Å². The molecule has 202 valence electrons. The summed E-state index contributed by atoms with van der Waals surface area (Å²) in [5.41, 5.74) is 2.53. The van der Waals surface area contributed by atoms with Gasteiger partial charge in [0, 0.05) is 31.1 Å². The van der Waals surface area contributed by atoms with E-state index in [0.29, 0.717) is 5.02 Å². The Morgan fingerprint density at radius 1 is 0.921 bits per heavy atom. The average Bonchev–Trinajstić information content (AvgIpc) is 2.86. The maximum atomic E-state index is 13.8. The Balaban J connectivity index is 1.97. The molecule has 2 amide bonds. The van der Waals surface area contributed by atoms with Crippen molar-refractivity contribution in [3.8, 4) is 0 Å². The average molecular weight is 556 g/mol. The first-order chi connectivity index (χ1) is 18.0. The van der Waals surface area contributed by atoms with Gasteiger partial charge in [0.1, 0.15) is 6.04 Å². The summed E-state index contributed by atoms with van der Waals surface area (Å²) in [7, 11) is -2.56. The molecule has 0 aliphatic heterocycles. The fourth-order valence-corrected chi connectivity index (χ4v) is 5.36. The fraction of sp³-hybridized carbons (Fsp3) is 0.310. The number of carbonyl (C=O) groups is 2. The minimum atomic E-state index is -3.92. The van der Waals surface area contributed by atoms with Gasteiger partial charge >= 0.3 is 0 Å². The molecule has 9 heteroatoms. The molecule has 1 N–H and O–H groups in total. The zero-order valence-corrected chi connectivity index (χ0v) is 23.7. The van der Waals surface area contributed by atoms with E-state index in [1.807, 2.05) is 57.2 Å². The van der Waals surface area contributed by atoms with Crippen LogP contribution < -0.4 is 5.32 Å². The normalized spacial score (nSPS) is 12.4. The number of amides is 2. The van der Waals surface area contributed by atoms with Gasteiger partial charge in [0.15, 0.2) is 0 Å². The van der Waals surface area contributed by atoms with E-state index in [1.165, 1.54) is 24.1 Å². The largest absolute Gasteiger partial charge is 0.352 e. The van der Waals surface area contributed by atoms with Crippen molar-refractivity contribution in [1.29, 1.82) is 0 Å². The molecule has 0 radical (unpaired) electrons. The molecule has 0 aliphatic rings. The highest BCUT2D eigenvalue weighted by atomic mass is 35.5. The van der Waals surface area contributed by atoms with Crippen LogP contribution in [0.15, 0.2) is 83.8 Å². The Hall–Kier alpha value is -3.20. The minimum absolute atomic E-state index is 0.0842. The van der Waals surface area contributed by atoms with Gasteiger partial charge in [-0.1, -0.05) is 71.8 Å². The molecule has 0 heterocycles. The number of sulfonamides is 1. The predicted molar refractivity (Wildman–Crippen MR) is 150 cm³/mol. The number of nitrogens with zero attached hydrogens (tertiary/aromatic N) is 2. The number of hydrogen-bond acceptors (Lipinski definition) is 4. The van der Waals surface area contributed by atoms with Gasteiger partial charge in [-0.05, 0) is 56.2 Å². The highest BCUT2D eigenvalue weighted by molar-refractivity contribution is 7.89. The van der Waals surface area contributed by atoms with Crippen LogP contribution in [0.5, 0.6) is 0 Å². The molecule has 0 saturated carbocycles. The second kappa shape index (κ2) is 13.0. The molecule has 0 fully saturated rings. The molecule has 0 aliphatic carbocycles. The number of aryl methyl sites for hydroxylation is 1. The number of nitrogens with one attached hydrogen (secondary N) is 1. The van der Waals surface area contributed by atoms with Gasteiger partial charge in [-0.3, -0.25) is 9.59 Å². The van der Waals surface area contributed by atoms with Gasteiger partial charge < -0.3 is 10.2 Å². The highest BCUT2D eigenvalue weighted by Gasteiger charge is 2.33. The molecule has 3 aromatic carbocycles. The van der Waals surface area contributed by atoms with Crippen molar-refractivity contribution in [2.24, 2.45) is 0 Å². The molecule has 7 nitrogen and oxygen atoms in total. The van der Waals surface area contributed by atoms with E-state index in [9.17, 15) is 18.0 Å². The van der Waals surface area contributed by atoms with Crippen LogP contribution in [0.3, 0.4) is 0 Å². The summed E-state index contributed by atoms with van der Waals surface area (Å²) in [6.07, 6.45) is 0.264. The van der Waals surface area contributed by atoms with Crippen molar-refractivity contribution in [2.75, 3.05) is 13.6 Å². The second-order valence-corrected chi connectivity index (χ2v) is 12.1. The number of halogens is 1. The van der Waals surface area contributed by atoms with Gasteiger partial charge in [-0.25, -0.2) is 8.42 Å². The number of likely N-dealkylation sites (N-methyl/N-ethyl adjacent to an activating group) is 1. The third-order valence-electron chi connectivity index (χ3n) is 6.03. The monoisotopic (exact) mass is 555 g/mol. The molecule has 0 aromatic heterocycles. The number of rotatable bonds is 11. The van der Waals surface area contributed by atoms with Crippen molar-refractivity contribution < 1.29 is 18.0 Å². The summed E-state index contributed by atoms with van der Waals surface area (Å²) in [5.74, 6) is -0.814. The highest BCUT2D eigenvalue weighted by Crippen LogP contribution is 2.20. The first kappa shape index (κ1) is 29.4. The Morgan fingerprint density at radius 2 is 1.55 bits per heavy atom. The van der Waals surface area contributed by atoms with Crippen LogP contribution in [0.4, 0.5) is 0 Å². The summed E-state index contributed by atoms with van der Waals surface area (Å²) in [6, 6.07) is 21.9. The minimum Gasteiger partial charge on any atom is -0.352 e. The topological polar surface area (TPSA) is 86.8 Å². The molecular weight excluding hydrogens is 522 g/mol. The zero-order valence-electron chi connectivity index (χ0n) is 22.1. The Kier molecular flexibility index (Phi) is 10.1. The van der Waals surface area contributed by atoms with Crippen molar-refractivity contribution in [2.45, 2.75) is 50.7 Å². The SMILES string of the molecule is Cc1ccc(S(=O)(=O)N(C)CC(=O)N(Cc2cccc(Cl)c2)C(Cc2ccccc2)C(=O)NC(C)C)cc1. The molecule has 38 heavy (non-hydrogen) atoms. The molecule has 3 aromatic rings. The van der Waals surface area contributed by atoms with Gasteiger partial charge in [-0.15, -0.1) is 0 Å². The molecule has 1 atom stereocenters. The lowest BCUT2D eigenvalue weighted by atomic mass is 10.0. The molecule has 3 rings (SSSR count). The maximum Gasteiger partial charge on any atom is 0.243 e. The molecular formula is C29H34ClN3O4S. The maximum absolute atomic E-state index is 13.8. The van der Waals surface area contributed by atoms with E-state index >= 15 is 0 Å². The van der Waals surface area contributed by atoms with E-state index < -0.39 is 28.5 Å². The molecule has 0 spiro atoms. The van der Waals surface area contributed by atoms with E-state index in [0.717, 1.165) is 21.0 Å². The lowest BCUT2D eigenvalue weighted by Gasteiger charge is -2.33. The summed E-state index contributed by atoms with van der Waals surface area (Å²) in [6.45, 7) is 5.22. The van der Waals surface area contributed by atoms with E-state index in [4.69, 9.17) is 11.6 Å². The lowest BCUT2D eigenvalue weighted by molar-refractivity contribution is -0.141. The smallest absolute Gasteiger partial charge is 0.243 e. The van der Waals surface area contributed by atoms with Crippen LogP contribution in [0, 0.1) is 6.92 Å². The van der Waals surface area contributed by atoms with Gasteiger partial charge in [0.2, 0.25) is 21.8 Å². The van der Waals surface area contributed by atoms with Crippen LogP contribution >= 0.6 is 11.6 Å². The lowest BCUT2D eigenvalue weighted by Crippen LogP contribution is -2.53. The van der Waals surface area contributed by atoms with Crippen LogP contribution in [0.1, 0.15) is 30.5 Å². The molecule has 1 unspecified atom stereocenters. The van der Waals surface area contributed by atoms with E-state index in [-0.39, 0.29) is 29.8 Å². The van der Waals surface area contributed by atoms with Crippen molar-refractivity contribution in [3.63, 3.8) is 0 Å². The predicted octanol–water partition coefficient (Wildman–Crippen LogP) is 4.43. The third-order valence-corrected chi connectivity index (χ3v) is 8.08. The standard InChI is InChI=1S/C29H34ClN3O4S/c1-21(2)31-29(35)27(18-23-9-6-5-7-10-23)33(19-24-11-8-12-25(30)17-24)28(34)20-32(4)38(36,37)26-15-13-22(3)14-16-26/h5-17,21,27H,18-20H2,1-4H3,(H,31,35). The summed E-state index contributed by atoms with van der Waals surface area (Å²) < 4.78 is 27.4. The van der Waals surface area contributed by atoms with Gasteiger partial charge in [0.05, 0.1) is 11.4 Å². The zero-order chi connectivity index (χ0) is 27.9. The molecule has 0 bridgehead atoms. The number of benzene rings is 3. The fourth-order valence-electron chi connectivity index (χ4n) is 4.02.